The summed E-state index contributed by atoms with van der Waals surface area (Å²) in [5.74, 6) is 0.348. The molecule has 0 amide bonds. The van der Waals surface area contributed by atoms with Crippen LogP contribution in [0.2, 0.25) is 0 Å². The van der Waals surface area contributed by atoms with Crippen molar-refractivity contribution in [3.63, 3.8) is 0 Å². The van der Waals surface area contributed by atoms with E-state index in [0.717, 1.165) is 48.9 Å². The summed E-state index contributed by atoms with van der Waals surface area (Å²) in [5.41, 5.74) is 4.49. The van der Waals surface area contributed by atoms with Crippen molar-refractivity contribution in [3.05, 3.63) is 102 Å². The monoisotopic (exact) mass is 416 g/mol. The number of hydrogen-bond donors (Lipinski definition) is 1. The zero-order valence-corrected chi connectivity index (χ0v) is 18.0. The molecule has 3 nitrogen and oxygen atoms in total. The van der Waals surface area contributed by atoms with Gasteiger partial charge in [0.1, 0.15) is 18.2 Å². The average molecular weight is 417 g/mol. The first-order valence-corrected chi connectivity index (χ1v) is 11.0. The van der Waals surface area contributed by atoms with Crippen LogP contribution in [0.25, 0.3) is 10.9 Å². The second kappa shape index (κ2) is 10.3. The van der Waals surface area contributed by atoms with Gasteiger partial charge in [-0.25, -0.2) is 4.39 Å². The predicted octanol–water partition coefficient (Wildman–Crippen LogP) is 5.75. The largest absolute Gasteiger partial charge is 0.488 e. The Kier molecular flexibility index (Phi) is 7.00. The van der Waals surface area contributed by atoms with Crippen LogP contribution in [0.3, 0.4) is 0 Å². The van der Waals surface area contributed by atoms with E-state index in [1.165, 1.54) is 17.2 Å². The Morgan fingerprint density at radius 2 is 1.55 bits per heavy atom. The zero-order valence-electron chi connectivity index (χ0n) is 18.0. The number of halogens is 1. The SMILES string of the molecule is CCn1cc(CCNCCc2ccccc2)c2c(OCc3ccccc3)cc(F)cc21. The van der Waals surface area contributed by atoms with E-state index in [9.17, 15) is 4.39 Å². The molecule has 160 valence electrons. The van der Waals surface area contributed by atoms with Gasteiger partial charge in [0.15, 0.2) is 0 Å². The highest BCUT2D eigenvalue weighted by Gasteiger charge is 2.15. The molecule has 4 rings (SSSR count). The molecule has 0 radical (unpaired) electrons. The van der Waals surface area contributed by atoms with Gasteiger partial charge in [-0.15, -0.1) is 0 Å². The first kappa shape index (κ1) is 21.1. The van der Waals surface area contributed by atoms with Crippen molar-refractivity contribution in [3.8, 4) is 5.75 Å². The van der Waals surface area contributed by atoms with Crippen molar-refractivity contribution < 1.29 is 9.13 Å². The van der Waals surface area contributed by atoms with Crippen LogP contribution in [0.1, 0.15) is 23.6 Å². The molecule has 1 N–H and O–H groups in total. The lowest BCUT2D eigenvalue weighted by Crippen LogP contribution is -2.20. The van der Waals surface area contributed by atoms with Crippen LogP contribution in [0.5, 0.6) is 5.75 Å². The lowest BCUT2D eigenvalue weighted by molar-refractivity contribution is 0.308. The maximum Gasteiger partial charge on any atom is 0.132 e. The highest BCUT2D eigenvalue weighted by Crippen LogP contribution is 2.33. The summed E-state index contributed by atoms with van der Waals surface area (Å²) in [6.45, 7) is 5.09. The lowest BCUT2D eigenvalue weighted by atomic mass is 10.1. The fourth-order valence-corrected chi connectivity index (χ4v) is 3.97. The minimum absolute atomic E-state index is 0.268. The summed E-state index contributed by atoms with van der Waals surface area (Å²) in [6, 6.07) is 23.6. The van der Waals surface area contributed by atoms with Crippen molar-refractivity contribution in [1.29, 1.82) is 0 Å². The molecule has 0 aliphatic carbocycles. The summed E-state index contributed by atoms with van der Waals surface area (Å²) in [4.78, 5) is 0. The minimum Gasteiger partial charge on any atom is -0.488 e. The van der Waals surface area contributed by atoms with Gasteiger partial charge in [-0.05, 0) is 55.6 Å². The van der Waals surface area contributed by atoms with Crippen molar-refractivity contribution in [2.75, 3.05) is 13.1 Å². The Hall–Kier alpha value is -3.11. The Morgan fingerprint density at radius 3 is 2.26 bits per heavy atom. The standard InChI is InChI=1S/C27H29FN2O/c1-2-30-19-23(14-16-29-15-13-21-9-5-3-6-10-21)27-25(30)17-24(28)18-26(27)31-20-22-11-7-4-8-12-22/h3-12,17-19,29H,2,13-16,20H2,1H3. The first-order valence-electron chi connectivity index (χ1n) is 11.0. The average Bonchev–Trinajstić information content (AvgIpc) is 3.16. The molecule has 4 aromatic rings. The van der Waals surface area contributed by atoms with E-state index in [1.54, 1.807) is 6.07 Å². The van der Waals surface area contributed by atoms with E-state index >= 15 is 0 Å². The Labute approximate surface area is 183 Å². The summed E-state index contributed by atoms with van der Waals surface area (Å²) >= 11 is 0. The smallest absolute Gasteiger partial charge is 0.132 e. The van der Waals surface area contributed by atoms with Crippen LogP contribution >= 0.6 is 0 Å². The van der Waals surface area contributed by atoms with Crippen molar-refractivity contribution in [1.82, 2.24) is 9.88 Å². The summed E-state index contributed by atoms with van der Waals surface area (Å²) in [5, 5.41) is 4.56. The third kappa shape index (κ3) is 5.33. The van der Waals surface area contributed by atoms with Crippen LogP contribution in [0.15, 0.2) is 79.0 Å². The van der Waals surface area contributed by atoms with Gasteiger partial charge in [0.25, 0.3) is 0 Å². The number of aryl methyl sites for hydroxylation is 1. The van der Waals surface area contributed by atoms with Gasteiger partial charge < -0.3 is 14.6 Å². The van der Waals surface area contributed by atoms with E-state index < -0.39 is 0 Å². The molecule has 0 bridgehead atoms. The van der Waals surface area contributed by atoms with E-state index in [0.29, 0.717) is 12.4 Å². The second-order valence-electron chi connectivity index (χ2n) is 7.75. The minimum atomic E-state index is -0.268. The van der Waals surface area contributed by atoms with E-state index in [1.807, 2.05) is 36.4 Å². The molecule has 0 aliphatic rings. The van der Waals surface area contributed by atoms with Crippen LogP contribution in [-0.4, -0.2) is 17.7 Å². The molecule has 0 saturated heterocycles. The number of aromatic nitrogens is 1. The number of rotatable bonds is 10. The molecule has 4 heteroatoms. The number of benzene rings is 3. The Balaban J connectivity index is 1.47. The zero-order chi connectivity index (χ0) is 21.5. The van der Waals surface area contributed by atoms with Gasteiger partial charge in [0.2, 0.25) is 0 Å². The topological polar surface area (TPSA) is 26.2 Å². The molecule has 0 aliphatic heterocycles. The number of hydrogen-bond acceptors (Lipinski definition) is 2. The Morgan fingerprint density at radius 1 is 0.871 bits per heavy atom. The maximum atomic E-state index is 14.4. The highest BCUT2D eigenvalue weighted by atomic mass is 19.1. The fraction of sp³-hybridized carbons (Fsp3) is 0.259. The van der Waals surface area contributed by atoms with Crippen molar-refractivity contribution in [2.45, 2.75) is 32.9 Å². The van der Waals surface area contributed by atoms with Gasteiger partial charge >= 0.3 is 0 Å². The van der Waals surface area contributed by atoms with Crippen LogP contribution in [0, 0.1) is 5.82 Å². The van der Waals surface area contributed by atoms with Gasteiger partial charge in [0, 0.05) is 24.2 Å². The molecule has 1 heterocycles. The maximum absolute atomic E-state index is 14.4. The molecule has 3 aromatic carbocycles. The van der Waals surface area contributed by atoms with Gasteiger partial charge in [-0.1, -0.05) is 60.7 Å². The molecule has 0 atom stereocenters. The van der Waals surface area contributed by atoms with E-state index in [2.05, 4.69) is 47.3 Å². The number of nitrogens with zero attached hydrogens (tertiary/aromatic N) is 1. The molecule has 0 spiro atoms. The first-order chi connectivity index (χ1) is 15.2. The molecule has 0 unspecified atom stereocenters. The molecular formula is C27H29FN2O. The molecule has 31 heavy (non-hydrogen) atoms. The van der Waals surface area contributed by atoms with Crippen LogP contribution in [0.4, 0.5) is 4.39 Å². The molecule has 0 fully saturated rings. The molecule has 1 aromatic heterocycles. The van der Waals surface area contributed by atoms with E-state index in [4.69, 9.17) is 4.74 Å². The summed E-state index contributed by atoms with van der Waals surface area (Å²) < 4.78 is 22.6. The lowest BCUT2D eigenvalue weighted by Gasteiger charge is -2.11. The van der Waals surface area contributed by atoms with Gasteiger partial charge in [0.05, 0.1) is 5.52 Å². The van der Waals surface area contributed by atoms with Crippen molar-refractivity contribution >= 4 is 10.9 Å². The van der Waals surface area contributed by atoms with Gasteiger partial charge in [-0.2, -0.15) is 0 Å². The van der Waals surface area contributed by atoms with Gasteiger partial charge in [-0.3, -0.25) is 0 Å². The van der Waals surface area contributed by atoms with E-state index in [-0.39, 0.29) is 5.82 Å². The van der Waals surface area contributed by atoms with Crippen molar-refractivity contribution in [2.24, 2.45) is 0 Å². The number of nitrogens with one attached hydrogen (secondary N) is 1. The third-order valence-electron chi connectivity index (χ3n) is 5.57. The number of fused-ring (bicyclic) bond motifs is 1. The molecular weight excluding hydrogens is 387 g/mol. The van der Waals surface area contributed by atoms with Crippen LogP contribution < -0.4 is 10.1 Å². The normalized spacial score (nSPS) is 11.2. The quantitative estimate of drug-likeness (QED) is 0.333. The summed E-state index contributed by atoms with van der Waals surface area (Å²) in [6.07, 6.45) is 4.01. The second-order valence-corrected chi connectivity index (χ2v) is 7.75. The summed E-state index contributed by atoms with van der Waals surface area (Å²) in [7, 11) is 0. The Bertz CT molecular complexity index is 1110. The fourth-order valence-electron chi connectivity index (χ4n) is 3.97. The van der Waals surface area contributed by atoms with Crippen LogP contribution in [-0.2, 0) is 26.0 Å². The third-order valence-corrected chi connectivity index (χ3v) is 5.57. The number of ether oxygens (including phenoxy) is 1. The predicted molar refractivity (Wildman–Crippen MR) is 125 cm³/mol. The molecule has 0 saturated carbocycles. The highest BCUT2D eigenvalue weighted by molar-refractivity contribution is 5.90.